The summed E-state index contributed by atoms with van der Waals surface area (Å²) in [7, 11) is 0. The van der Waals surface area contributed by atoms with Gasteiger partial charge in [0.05, 0.1) is 20.1 Å². The van der Waals surface area contributed by atoms with E-state index in [2.05, 4.69) is 5.10 Å². The number of fused-ring (bicyclic) bond motifs is 1. The summed E-state index contributed by atoms with van der Waals surface area (Å²) in [6, 6.07) is 5.74. The highest BCUT2D eigenvalue weighted by Crippen LogP contribution is 2.34. The number of hydrogen-bond donors (Lipinski definition) is 0. The second-order valence-electron chi connectivity index (χ2n) is 7.25. The molecule has 1 amide bonds. The van der Waals surface area contributed by atoms with Gasteiger partial charge in [-0.05, 0) is 44.9 Å². The van der Waals surface area contributed by atoms with Crippen LogP contribution < -0.4 is 0 Å². The minimum Gasteiger partial charge on any atom is -0.341 e. The van der Waals surface area contributed by atoms with E-state index < -0.39 is 4.92 Å². The molecule has 29 heavy (non-hydrogen) atoms. The zero-order valence-corrected chi connectivity index (χ0v) is 17.7. The molecule has 1 aliphatic heterocycles. The lowest BCUT2D eigenvalue weighted by molar-refractivity contribution is -0.386. The fourth-order valence-corrected chi connectivity index (χ4v) is 5.09. The SMILES string of the molecule is Cc1nn(CC(=O)N2CCC(c3nc4cc(Cl)ccc4s3)CC2)c(C)c1[N+](=O)[O-]. The van der Waals surface area contributed by atoms with Gasteiger partial charge < -0.3 is 4.90 Å². The molecule has 0 saturated carbocycles. The Bertz CT molecular complexity index is 1100. The summed E-state index contributed by atoms with van der Waals surface area (Å²) in [5.41, 5.74) is 1.63. The fourth-order valence-electron chi connectivity index (χ4n) is 3.80. The van der Waals surface area contributed by atoms with Crippen molar-refractivity contribution in [3.63, 3.8) is 0 Å². The third-order valence-electron chi connectivity index (χ3n) is 5.37. The summed E-state index contributed by atoms with van der Waals surface area (Å²) in [5.74, 6) is 0.255. The van der Waals surface area contributed by atoms with Gasteiger partial charge in [-0.25, -0.2) is 4.98 Å². The lowest BCUT2D eigenvalue weighted by Gasteiger charge is -2.31. The number of hydrogen-bond acceptors (Lipinski definition) is 6. The molecule has 0 spiro atoms. The highest BCUT2D eigenvalue weighted by Gasteiger charge is 2.28. The monoisotopic (exact) mass is 433 g/mol. The van der Waals surface area contributed by atoms with Crippen molar-refractivity contribution in [3.8, 4) is 0 Å². The highest BCUT2D eigenvalue weighted by molar-refractivity contribution is 7.18. The van der Waals surface area contributed by atoms with Crippen LogP contribution in [-0.2, 0) is 11.3 Å². The van der Waals surface area contributed by atoms with Crippen molar-refractivity contribution in [3.05, 3.63) is 49.7 Å². The number of likely N-dealkylation sites (tertiary alicyclic amines) is 1. The van der Waals surface area contributed by atoms with Crippen molar-refractivity contribution in [2.24, 2.45) is 0 Å². The van der Waals surface area contributed by atoms with E-state index in [4.69, 9.17) is 16.6 Å². The van der Waals surface area contributed by atoms with Crippen LogP contribution in [0.4, 0.5) is 5.69 Å². The lowest BCUT2D eigenvalue weighted by Crippen LogP contribution is -2.40. The molecule has 1 aliphatic rings. The number of rotatable bonds is 4. The first-order chi connectivity index (χ1) is 13.8. The van der Waals surface area contributed by atoms with Crippen LogP contribution in [0.3, 0.4) is 0 Å². The predicted molar refractivity (Wildman–Crippen MR) is 112 cm³/mol. The molecule has 8 nitrogen and oxygen atoms in total. The Morgan fingerprint density at radius 1 is 1.34 bits per heavy atom. The van der Waals surface area contributed by atoms with Crippen LogP contribution in [0.2, 0.25) is 5.02 Å². The summed E-state index contributed by atoms with van der Waals surface area (Å²) in [6.07, 6.45) is 1.69. The van der Waals surface area contributed by atoms with Gasteiger partial charge in [-0.15, -0.1) is 11.3 Å². The maximum atomic E-state index is 12.7. The summed E-state index contributed by atoms with van der Waals surface area (Å²) in [6.45, 7) is 4.51. The van der Waals surface area contributed by atoms with Crippen LogP contribution >= 0.6 is 22.9 Å². The second kappa shape index (κ2) is 7.72. The molecule has 0 unspecified atom stereocenters. The molecule has 3 heterocycles. The maximum Gasteiger partial charge on any atom is 0.312 e. The Labute approximate surface area is 176 Å². The van der Waals surface area contributed by atoms with Crippen molar-refractivity contribution in [2.75, 3.05) is 13.1 Å². The molecule has 0 N–H and O–H groups in total. The molecule has 152 valence electrons. The standard InChI is InChI=1S/C19H20ClN5O3S/c1-11-18(25(27)28)12(2)24(22-11)10-17(26)23-7-5-13(6-8-23)19-21-15-9-14(20)3-4-16(15)29-19/h3-4,9,13H,5-8,10H2,1-2H3. The number of aromatic nitrogens is 3. The number of amides is 1. The Morgan fingerprint density at radius 3 is 2.72 bits per heavy atom. The highest BCUT2D eigenvalue weighted by atomic mass is 35.5. The molecule has 1 fully saturated rings. The van der Waals surface area contributed by atoms with Gasteiger partial charge in [-0.2, -0.15) is 5.10 Å². The number of thiazole rings is 1. The van der Waals surface area contributed by atoms with Crippen molar-refractivity contribution in [1.29, 1.82) is 0 Å². The van der Waals surface area contributed by atoms with Gasteiger partial charge in [0.1, 0.15) is 17.9 Å². The normalized spacial score (nSPS) is 15.2. The van der Waals surface area contributed by atoms with Crippen molar-refractivity contribution in [2.45, 2.75) is 39.2 Å². The zero-order chi connectivity index (χ0) is 20.7. The molecule has 1 aromatic carbocycles. The third-order valence-corrected chi connectivity index (χ3v) is 6.81. The van der Waals surface area contributed by atoms with Crippen LogP contribution in [0.25, 0.3) is 10.2 Å². The molecule has 4 rings (SSSR count). The first-order valence-corrected chi connectivity index (χ1v) is 10.5. The second-order valence-corrected chi connectivity index (χ2v) is 8.75. The minimum absolute atomic E-state index is 0.0187. The van der Waals surface area contributed by atoms with Crippen LogP contribution in [0, 0.1) is 24.0 Å². The van der Waals surface area contributed by atoms with Gasteiger partial charge in [0.25, 0.3) is 0 Å². The Hall–Kier alpha value is -2.52. The quantitative estimate of drug-likeness (QED) is 0.456. The van der Waals surface area contributed by atoms with E-state index in [1.807, 2.05) is 23.1 Å². The van der Waals surface area contributed by atoms with Gasteiger partial charge >= 0.3 is 5.69 Å². The van der Waals surface area contributed by atoms with E-state index in [0.29, 0.717) is 35.4 Å². The van der Waals surface area contributed by atoms with Gasteiger partial charge in [0.15, 0.2) is 0 Å². The third kappa shape index (κ3) is 3.84. The van der Waals surface area contributed by atoms with Crippen LogP contribution in [0.5, 0.6) is 0 Å². The Balaban J connectivity index is 1.41. The van der Waals surface area contributed by atoms with Crippen molar-refractivity contribution < 1.29 is 9.72 Å². The number of halogens is 1. The molecule has 0 aliphatic carbocycles. The average molecular weight is 434 g/mol. The van der Waals surface area contributed by atoms with E-state index in [9.17, 15) is 14.9 Å². The number of nitrogens with zero attached hydrogens (tertiary/aromatic N) is 5. The van der Waals surface area contributed by atoms with Gasteiger partial charge in [-0.1, -0.05) is 11.6 Å². The van der Waals surface area contributed by atoms with E-state index in [-0.39, 0.29) is 18.1 Å². The number of benzene rings is 1. The van der Waals surface area contributed by atoms with Gasteiger partial charge in [-0.3, -0.25) is 19.6 Å². The van der Waals surface area contributed by atoms with Gasteiger partial charge in [0, 0.05) is 24.0 Å². The number of piperidine rings is 1. The lowest BCUT2D eigenvalue weighted by atomic mass is 9.97. The Kier molecular flexibility index (Phi) is 5.26. The summed E-state index contributed by atoms with van der Waals surface area (Å²) >= 11 is 7.73. The average Bonchev–Trinajstić information content (AvgIpc) is 3.22. The largest absolute Gasteiger partial charge is 0.341 e. The molecule has 0 atom stereocenters. The summed E-state index contributed by atoms with van der Waals surface area (Å²) in [5, 5.41) is 17.1. The van der Waals surface area contributed by atoms with E-state index >= 15 is 0 Å². The van der Waals surface area contributed by atoms with Crippen molar-refractivity contribution in [1.82, 2.24) is 19.7 Å². The van der Waals surface area contributed by atoms with E-state index in [1.54, 1.807) is 25.2 Å². The number of carbonyl (C=O) groups excluding carboxylic acids is 1. The molecule has 2 aromatic heterocycles. The number of aryl methyl sites for hydroxylation is 1. The Morgan fingerprint density at radius 2 is 2.07 bits per heavy atom. The van der Waals surface area contributed by atoms with E-state index in [0.717, 1.165) is 28.1 Å². The summed E-state index contributed by atoms with van der Waals surface area (Å²) < 4.78 is 2.55. The molecule has 10 heteroatoms. The predicted octanol–water partition coefficient (Wildman–Crippen LogP) is 4.08. The zero-order valence-electron chi connectivity index (χ0n) is 16.1. The van der Waals surface area contributed by atoms with Crippen molar-refractivity contribution >= 4 is 44.7 Å². The first-order valence-electron chi connectivity index (χ1n) is 9.35. The maximum absolute atomic E-state index is 12.7. The number of carbonyl (C=O) groups is 1. The van der Waals surface area contributed by atoms with Crippen LogP contribution in [0.1, 0.15) is 35.2 Å². The van der Waals surface area contributed by atoms with Gasteiger partial charge in [0.2, 0.25) is 5.91 Å². The van der Waals surface area contributed by atoms with Crippen LogP contribution in [-0.4, -0.2) is 43.6 Å². The first kappa shape index (κ1) is 19.8. The molecule has 1 saturated heterocycles. The molecule has 0 radical (unpaired) electrons. The topological polar surface area (TPSA) is 94.2 Å². The minimum atomic E-state index is -0.449. The van der Waals surface area contributed by atoms with E-state index in [1.165, 1.54) is 4.68 Å². The fraction of sp³-hybridized carbons (Fsp3) is 0.421. The molecular weight excluding hydrogens is 414 g/mol. The molecule has 3 aromatic rings. The molecule has 0 bridgehead atoms. The number of nitro groups is 1. The smallest absolute Gasteiger partial charge is 0.312 e. The van der Waals surface area contributed by atoms with Crippen LogP contribution in [0.15, 0.2) is 18.2 Å². The summed E-state index contributed by atoms with van der Waals surface area (Å²) in [4.78, 5) is 29.9. The molecular formula is C19H20ClN5O3S.